The molecule has 5 N–H and O–H groups in total. The first-order valence-electron chi connectivity index (χ1n) is 3.94. The summed E-state index contributed by atoms with van der Waals surface area (Å²) < 4.78 is 0. The van der Waals surface area contributed by atoms with Crippen molar-refractivity contribution in [2.45, 2.75) is 0 Å². The Labute approximate surface area is 83.9 Å². The first-order valence-corrected chi connectivity index (χ1v) is 3.94. The Bertz CT molecular complexity index is 590. The van der Waals surface area contributed by atoms with Crippen molar-refractivity contribution in [3.63, 3.8) is 0 Å². The van der Waals surface area contributed by atoms with Crippen LogP contribution in [0.2, 0.25) is 0 Å². The molecule has 0 unspecified atom stereocenters. The summed E-state index contributed by atoms with van der Waals surface area (Å²) in [5.74, 6) is 4.20. The van der Waals surface area contributed by atoms with E-state index in [2.05, 4.69) is 32.0 Å². The van der Waals surface area contributed by atoms with Crippen LogP contribution in [0, 0.1) is 11.8 Å². The fraction of sp³-hybridized carbons (Fsp3) is 0. The average molecular weight is 202 g/mol. The predicted octanol–water partition coefficient (Wildman–Crippen LogP) is -1.23. The minimum absolute atomic E-state index is 0.252. The summed E-state index contributed by atoms with van der Waals surface area (Å²) in [6, 6.07) is 0. The van der Waals surface area contributed by atoms with Gasteiger partial charge in [0, 0.05) is 5.92 Å². The Morgan fingerprint density at radius 3 is 3.00 bits per heavy atom. The molecule has 7 nitrogen and oxygen atoms in total. The smallest absolute Gasteiger partial charge is 0.293 e. The Kier molecular flexibility index (Phi) is 1.95. The molecular formula is C8H6N6O. The Hall–Kier alpha value is -2.62. The van der Waals surface area contributed by atoms with Crippen LogP contribution < -0.4 is 11.5 Å². The molecule has 7 heteroatoms. The van der Waals surface area contributed by atoms with E-state index in [0.717, 1.165) is 0 Å². The number of nitrogens with zero attached hydrogens (tertiary/aromatic N) is 3. The number of hydrogen-bond donors (Lipinski definition) is 3. The number of H-pyrrole nitrogens is 1. The fourth-order valence-electron chi connectivity index (χ4n) is 1.09. The Balaban J connectivity index is 2.64. The lowest BCUT2D eigenvalue weighted by molar-refractivity contribution is -0.112. The van der Waals surface area contributed by atoms with Crippen molar-refractivity contribution in [1.82, 2.24) is 20.2 Å². The van der Waals surface area contributed by atoms with E-state index in [9.17, 15) is 4.79 Å². The van der Waals surface area contributed by atoms with Gasteiger partial charge in [0.05, 0.1) is 5.39 Å². The van der Waals surface area contributed by atoms with Gasteiger partial charge >= 0.3 is 0 Å². The summed E-state index contributed by atoms with van der Waals surface area (Å²) in [5, 5.41) is 6.93. The number of anilines is 1. The number of aromatic amines is 1. The zero-order valence-corrected chi connectivity index (χ0v) is 7.48. The van der Waals surface area contributed by atoms with E-state index in [1.807, 2.05) is 0 Å². The number of nitrogens with two attached hydrogens (primary N) is 2. The van der Waals surface area contributed by atoms with Crippen molar-refractivity contribution in [1.29, 1.82) is 0 Å². The number of carbonyl (C=O) groups excluding carboxylic acids is 1. The molecule has 0 bridgehead atoms. The molecule has 2 aromatic heterocycles. The second kappa shape index (κ2) is 3.26. The van der Waals surface area contributed by atoms with Gasteiger partial charge in [-0.3, -0.25) is 9.89 Å². The quantitative estimate of drug-likeness (QED) is 0.461. The van der Waals surface area contributed by atoms with Crippen molar-refractivity contribution in [3.05, 3.63) is 12.0 Å². The van der Waals surface area contributed by atoms with Crippen molar-refractivity contribution in [3.8, 4) is 11.8 Å². The van der Waals surface area contributed by atoms with Crippen LogP contribution in [0.1, 0.15) is 5.69 Å². The molecule has 0 atom stereocenters. The Morgan fingerprint density at radius 1 is 1.47 bits per heavy atom. The highest BCUT2D eigenvalue weighted by Gasteiger charge is 2.08. The SMILES string of the molecule is NC(=O)C#Cc1[nH]nc2ncnc(N)c12. The molecule has 2 heterocycles. The number of nitrogens with one attached hydrogen (secondary N) is 1. The number of amides is 1. The largest absolute Gasteiger partial charge is 0.383 e. The van der Waals surface area contributed by atoms with Gasteiger partial charge in [-0.15, -0.1) is 0 Å². The number of aromatic nitrogens is 4. The fourth-order valence-corrected chi connectivity index (χ4v) is 1.09. The first-order chi connectivity index (χ1) is 7.18. The second-order valence-electron chi connectivity index (χ2n) is 2.67. The number of nitrogen functional groups attached to an aromatic ring is 1. The molecule has 1 amide bonds. The molecule has 0 radical (unpaired) electrons. The molecule has 0 aliphatic rings. The summed E-state index contributed by atoms with van der Waals surface area (Å²) >= 11 is 0. The molecule has 0 saturated carbocycles. The van der Waals surface area contributed by atoms with Gasteiger partial charge in [-0.05, 0) is 5.92 Å². The van der Waals surface area contributed by atoms with Crippen molar-refractivity contribution in [2.24, 2.45) is 5.73 Å². The maximum Gasteiger partial charge on any atom is 0.293 e. The first kappa shape index (κ1) is 8.96. The standard InChI is InChI=1S/C8H6N6O/c9-5(15)2-1-4-6-7(10)11-3-12-8(6)14-13-4/h3H,(H2,9,15)(H3,10,11,12,13,14). The minimum Gasteiger partial charge on any atom is -0.383 e. The van der Waals surface area contributed by atoms with Crippen LogP contribution in [0.25, 0.3) is 11.0 Å². The van der Waals surface area contributed by atoms with Gasteiger partial charge in [-0.1, -0.05) is 0 Å². The van der Waals surface area contributed by atoms with Gasteiger partial charge < -0.3 is 11.5 Å². The third-order valence-corrected chi connectivity index (χ3v) is 1.69. The Morgan fingerprint density at radius 2 is 2.27 bits per heavy atom. The molecule has 2 rings (SSSR count). The van der Waals surface area contributed by atoms with Gasteiger partial charge in [0.2, 0.25) is 0 Å². The van der Waals surface area contributed by atoms with E-state index in [-0.39, 0.29) is 5.82 Å². The normalized spacial score (nSPS) is 9.60. The molecule has 15 heavy (non-hydrogen) atoms. The van der Waals surface area contributed by atoms with Crippen LogP contribution in [0.15, 0.2) is 6.33 Å². The highest BCUT2D eigenvalue weighted by Crippen LogP contribution is 2.17. The lowest BCUT2D eigenvalue weighted by Crippen LogP contribution is -2.06. The van der Waals surface area contributed by atoms with Crippen molar-refractivity contribution >= 4 is 22.8 Å². The molecule has 0 aliphatic heterocycles. The minimum atomic E-state index is -0.729. The van der Waals surface area contributed by atoms with Crippen molar-refractivity contribution in [2.75, 3.05) is 5.73 Å². The molecule has 0 aromatic carbocycles. The summed E-state index contributed by atoms with van der Waals surface area (Å²) in [7, 11) is 0. The van der Waals surface area contributed by atoms with E-state index < -0.39 is 5.91 Å². The number of primary amides is 1. The van der Waals surface area contributed by atoms with Crippen molar-refractivity contribution < 1.29 is 4.79 Å². The van der Waals surface area contributed by atoms with Crippen LogP contribution >= 0.6 is 0 Å². The van der Waals surface area contributed by atoms with Crippen LogP contribution in [-0.4, -0.2) is 26.1 Å². The van der Waals surface area contributed by atoms with E-state index in [0.29, 0.717) is 16.7 Å². The maximum absolute atomic E-state index is 10.5. The summed E-state index contributed by atoms with van der Waals surface area (Å²) in [5.41, 5.74) is 11.3. The van der Waals surface area contributed by atoms with E-state index in [1.165, 1.54) is 6.33 Å². The van der Waals surface area contributed by atoms with Gasteiger partial charge in [0.15, 0.2) is 5.65 Å². The summed E-state index contributed by atoms with van der Waals surface area (Å²) in [6.07, 6.45) is 1.30. The zero-order chi connectivity index (χ0) is 10.8. The van der Waals surface area contributed by atoms with E-state index in [1.54, 1.807) is 0 Å². The molecule has 74 valence electrons. The van der Waals surface area contributed by atoms with E-state index >= 15 is 0 Å². The number of fused-ring (bicyclic) bond motifs is 1. The van der Waals surface area contributed by atoms with Crippen LogP contribution in [0.3, 0.4) is 0 Å². The highest BCUT2D eigenvalue weighted by molar-refractivity contribution is 5.95. The van der Waals surface area contributed by atoms with Gasteiger partial charge in [-0.2, -0.15) is 5.10 Å². The molecule has 2 aromatic rings. The molecule has 0 aliphatic carbocycles. The molecule has 0 spiro atoms. The van der Waals surface area contributed by atoms with Gasteiger partial charge in [-0.25, -0.2) is 9.97 Å². The average Bonchev–Trinajstić information content (AvgIpc) is 2.59. The molecule has 0 fully saturated rings. The molecular weight excluding hydrogens is 196 g/mol. The number of carbonyl (C=O) groups is 1. The predicted molar refractivity (Wildman–Crippen MR) is 52.2 cm³/mol. The number of rotatable bonds is 0. The van der Waals surface area contributed by atoms with E-state index in [4.69, 9.17) is 11.5 Å². The molecule has 0 saturated heterocycles. The number of hydrogen-bond acceptors (Lipinski definition) is 5. The van der Waals surface area contributed by atoms with Gasteiger partial charge in [0.1, 0.15) is 17.8 Å². The van der Waals surface area contributed by atoms with Crippen LogP contribution in [-0.2, 0) is 4.79 Å². The third-order valence-electron chi connectivity index (χ3n) is 1.69. The zero-order valence-electron chi connectivity index (χ0n) is 7.48. The topological polar surface area (TPSA) is 124 Å². The second-order valence-corrected chi connectivity index (χ2v) is 2.67. The monoisotopic (exact) mass is 202 g/mol. The van der Waals surface area contributed by atoms with Crippen LogP contribution in [0.4, 0.5) is 5.82 Å². The summed E-state index contributed by atoms with van der Waals surface area (Å²) in [6.45, 7) is 0. The van der Waals surface area contributed by atoms with Gasteiger partial charge in [0.25, 0.3) is 5.91 Å². The lowest BCUT2D eigenvalue weighted by atomic mass is 10.3. The highest BCUT2D eigenvalue weighted by atomic mass is 16.1. The third kappa shape index (κ3) is 1.55. The van der Waals surface area contributed by atoms with Crippen LogP contribution in [0.5, 0.6) is 0 Å². The summed E-state index contributed by atoms with van der Waals surface area (Å²) in [4.78, 5) is 18.1. The maximum atomic E-state index is 10.5. The lowest BCUT2D eigenvalue weighted by Gasteiger charge is -1.91.